The highest BCUT2D eigenvalue weighted by molar-refractivity contribution is 5.82. The van der Waals surface area contributed by atoms with Crippen LogP contribution in [0.25, 0.3) is 0 Å². The van der Waals surface area contributed by atoms with E-state index in [0.717, 1.165) is 0 Å². The molecule has 6 nitrogen and oxygen atoms in total. The van der Waals surface area contributed by atoms with Gasteiger partial charge in [-0.2, -0.15) is 0 Å². The maximum atomic E-state index is 11.4. The second-order valence-corrected chi connectivity index (χ2v) is 3.40. The first-order chi connectivity index (χ1) is 6.97. The van der Waals surface area contributed by atoms with Crippen LogP contribution in [0.15, 0.2) is 0 Å². The number of hydrogen-bond donors (Lipinski definition) is 3. The summed E-state index contributed by atoms with van der Waals surface area (Å²) in [5.74, 6) is -1.30. The summed E-state index contributed by atoms with van der Waals surface area (Å²) in [6.07, 6.45) is 0.310. The zero-order chi connectivity index (χ0) is 11.8. The number of rotatable bonds is 7. The van der Waals surface area contributed by atoms with Crippen LogP contribution < -0.4 is 11.1 Å². The molecule has 0 saturated heterocycles. The van der Waals surface area contributed by atoms with Gasteiger partial charge in [0.25, 0.3) is 0 Å². The summed E-state index contributed by atoms with van der Waals surface area (Å²) >= 11 is 0. The minimum Gasteiger partial charge on any atom is -0.481 e. The van der Waals surface area contributed by atoms with E-state index in [2.05, 4.69) is 5.32 Å². The highest BCUT2D eigenvalue weighted by Gasteiger charge is 2.16. The number of carbonyl (C=O) groups excluding carboxylic acids is 1. The molecule has 0 bridgehead atoms. The number of hydrogen-bond acceptors (Lipinski definition) is 4. The van der Waals surface area contributed by atoms with E-state index in [4.69, 9.17) is 15.6 Å². The van der Waals surface area contributed by atoms with Gasteiger partial charge in [0.15, 0.2) is 0 Å². The lowest BCUT2D eigenvalue weighted by Gasteiger charge is -2.15. The average molecular weight is 218 g/mol. The molecule has 0 saturated carbocycles. The summed E-state index contributed by atoms with van der Waals surface area (Å²) in [6.45, 7) is 2.02. The van der Waals surface area contributed by atoms with Crippen molar-refractivity contribution < 1.29 is 19.4 Å². The van der Waals surface area contributed by atoms with Gasteiger partial charge >= 0.3 is 5.97 Å². The smallest absolute Gasteiger partial charge is 0.305 e. The fraction of sp³-hybridized carbons (Fsp3) is 0.778. The van der Waals surface area contributed by atoms with Gasteiger partial charge in [0.05, 0.1) is 12.5 Å². The number of aliphatic carboxylic acids is 1. The van der Waals surface area contributed by atoms with Gasteiger partial charge in [-0.15, -0.1) is 0 Å². The maximum Gasteiger partial charge on any atom is 0.305 e. The Morgan fingerprint density at radius 3 is 2.60 bits per heavy atom. The maximum absolute atomic E-state index is 11.4. The van der Waals surface area contributed by atoms with Crippen molar-refractivity contribution in [2.75, 3.05) is 13.7 Å². The number of carbonyl (C=O) groups is 2. The minimum absolute atomic E-state index is 0.108. The fourth-order valence-corrected chi connectivity index (χ4v) is 1.04. The Hall–Kier alpha value is -1.14. The van der Waals surface area contributed by atoms with Crippen LogP contribution in [0.1, 0.15) is 19.8 Å². The van der Waals surface area contributed by atoms with Crippen molar-refractivity contribution in [1.82, 2.24) is 5.32 Å². The molecular weight excluding hydrogens is 200 g/mol. The third-order valence-electron chi connectivity index (χ3n) is 1.84. The van der Waals surface area contributed by atoms with Crippen molar-refractivity contribution in [3.8, 4) is 0 Å². The van der Waals surface area contributed by atoms with Crippen LogP contribution in [0, 0.1) is 0 Å². The summed E-state index contributed by atoms with van der Waals surface area (Å²) in [5.41, 5.74) is 5.54. The molecule has 0 aliphatic heterocycles. The van der Waals surface area contributed by atoms with Gasteiger partial charge in [-0.05, 0) is 13.3 Å². The minimum atomic E-state index is -0.951. The van der Waals surface area contributed by atoms with E-state index in [1.807, 2.05) is 0 Å². The van der Waals surface area contributed by atoms with E-state index in [1.165, 1.54) is 7.11 Å². The zero-order valence-corrected chi connectivity index (χ0v) is 9.03. The number of methoxy groups -OCH3 is 1. The first kappa shape index (κ1) is 13.9. The Morgan fingerprint density at radius 2 is 2.13 bits per heavy atom. The summed E-state index contributed by atoms with van der Waals surface area (Å²) in [5, 5.41) is 11.0. The third-order valence-corrected chi connectivity index (χ3v) is 1.84. The number of amides is 1. The Morgan fingerprint density at radius 1 is 1.53 bits per heavy atom. The second kappa shape index (κ2) is 7.19. The lowest BCUT2D eigenvalue weighted by molar-refractivity contribution is -0.137. The van der Waals surface area contributed by atoms with Crippen LogP contribution in [0.2, 0.25) is 0 Å². The molecule has 6 heteroatoms. The Kier molecular flexibility index (Phi) is 6.64. The van der Waals surface area contributed by atoms with E-state index in [1.54, 1.807) is 6.92 Å². The highest BCUT2D eigenvalue weighted by atomic mass is 16.5. The van der Waals surface area contributed by atoms with Crippen molar-refractivity contribution in [1.29, 1.82) is 0 Å². The van der Waals surface area contributed by atoms with Gasteiger partial charge in [-0.1, -0.05) is 0 Å². The van der Waals surface area contributed by atoms with Gasteiger partial charge in [0.1, 0.15) is 0 Å². The summed E-state index contributed by atoms with van der Waals surface area (Å²) in [7, 11) is 1.53. The molecule has 0 aromatic heterocycles. The average Bonchev–Trinajstić information content (AvgIpc) is 2.12. The van der Waals surface area contributed by atoms with Crippen LogP contribution >= 0.6 is 0 Å². The van der Waals surface area contributed by atoms with E-state index in [-0.39, 0.29) is 12.3 Å². The van der Waals surface area contributed by atoms with E-state index >= 15 is 0 Å². The Balaban J connectivity index is 3.85. The summed E-state index contributed by atoms with van der Waals surface area (Å²) in [6, 6.07) is -1.07. The molecule has 0 aliphatic rings. The van der Waals surface area contributed by atoms with Crippen molar-refractivity contribution in [3.63, 3.8) is 0 Å². The first-order valence-electron chi connectivity index (χ1n) is 4.74. The largest absolute Gasteiger partial charge is 0.481 e. The van der Waals surface area contributed by atoms with Crippen molar-refractivity contribution in [3.05, 3.63) is 0 Å². The van der Waals surface area contributed by atoms with E-state index < -0.39 is 18.1 Å². The Bertz CT molecular complexity index is 220. The lowest BCUT2D eigenvalue weighted by Crippen LogP contribution is -2.45. The fourth-order valence-electron chi connectivity index (χ4n) is 1.04. The Labute approximate surface area is 88.8 Å². The summed E-state index contributed by atoms with van der Waals surface area (Å²) in [4.78, 5) is 21.7. The molecule has 0 aliphatic carbocycles. The molecule has 4 N–H and O–H groups in total. The molecule has 88 valence electrons. The molecular formula is C9H18N2O4. The topological polar surface area (TPSA) is 102 Å². The molecule has 0 fully saturated rings. The zero-order valence-electron chi connectivity index (χ0n) is 9.03. The summed E-state index contributed by atoms with van der Waals surface area (Å²) < 4.78 is 4.78. The molecule has 2 atom stereocenters. The molecule has 0 rings (SSSR count). The molecule has 0 spiro atoms. The molecule has 15 heavy (non-hydrogen) atoms. The number of nitrogens with one attached hydrogen (secondary N) is 1. The van der Waals surface area contributed by atoms with E-state index in [9.17, 15) is 9.59 Å². The number of nitrogens with two attached hydrogens (primary N) is 1. The van der Waals surface area contributed by atoms with Crippen molar-refractivity contribution in [2.45, 2.75) is 31.8 Å². The first-order valence-corrected chi connectivity index (χ1v) is 4.74. The van der Waals surface area contributed by atoms with Gasteiger partial charge in [-0.25, -0.2) is 0 Å². The molecule has 0 aromatic rings. The lowest BCUT2D eigenvalue weighted by atomic mass is 10.2. The van der Waals surface area contributed by atoms with Gasteiger partial charge < -0.3 is 20.9 Å². The second-order valence-electron chi connectivity index (χ2n) is 3.40. The van der Waals surface area contributed by atoms with Crippen molar-refractivity contribution >= 4 is 11.9 Å². The molecule has 0 radical (unpaired) electrons. The third kappa shape index (κ3) is 6.87. The quantitative estimate of drug-likeness (QED) is 0.526. The van der Waals surface area contributed by atoms with Crippen LogP contribution in [-0.4, -0.2) is 42.8 Å². The molecule has 0 aromatic carbocycles. The monoisotopic (exact) mass is 218 g/mol. The van der Waals surface area contributed by atoms with Gasteiger partial charge in [-0.3, -0.25) is 9.59 Å². The number of carboxylic acids is 1. The van der Waals surface area contributed by atoms with Crippen LogP contribution in [0.3, 0.4) is 0 Å². The van der Waals surface area contributed by atoms with Crippen LogP contribution in [-0.2, 0) is 14.3 Å². The normalized spacial score (nSPS) is 14.3. The highest BCUT2D eigenvalue weighted by Crippen LogP contribution is 1.94. The van der Waals surface area contributed by atoms with Crippen molar-refractivity contribution in [2.24, 2.45) is 5.73 Å². The SMILES string of the molecule is COCCC(N)C(=O)NC(C)CC(=O)O. The van der Waals surface area contributed by atoms with Crippen LogP contribution in [0.4, 0.5) is 0 Å². The molecule has 1 amide bonds. The number of ether oxygens (including phenoxy) is 1. The van der Waals surface area contributed by atoms with E-state index in [0.29, 0.717) is 13.0 Å². The standard InChI is InChI=1S/C9H18N2O4/c1-6(5-8(12)13)11-9(14)7(10)3-4-15-2/h6-7H,3-5,10H2,1-2H3,(H,11,14)(H,12,13). The molecule has 0 heterocycles. The van der Waals surface area contributed by atoms with Crippen LogP contribution in [0.5, 0.6) is 0 Å². The van der Waals surface area contributed by atoms with Gasteiger partial charge in [0.2, 0.25) is 5.91 Å². The van der Waals surface area contributed by atoms with Gasteiger partial charge in [0, 0.05) is 19.8 Å². The molecule has 2 unspecified atom stereocenters. The predicted octanol–water partition coefficient (Wildman–Crippen LogP) is -0.670. The predicted molar refractivity (Wildman–Crippen MR) is 54.3 cm³/mol. The number of carboxylic acid groups (broad SMARTS) is 1.